The molecule has 5 heteroatoms. The van der Waals surface area contributed by atoms with Gasteiger partial charge in [0.25, 0.3) is 0 Å². The van der Waals surface area contributed by atoms with Gasteiger partial charge in [0.2, 0.25) is 0 Å². The Labute approximate surface area is 116 Å². The fourth-order valence-corrected chi connectivity index (χ4v) is 2.85. The molecule has 0 spiro atoms. The van der Waals surface area contributed by atoms with Crippen LogP contribution in [-0.4, -0.2) is 17.0 Å². The molecule has 0 aliphatic carbocycles. The van der Waals surface area contributed by atoms with Gasteiger partial charge < -0.3 is 9.42 Å². The molecule has 0 aliphatic rings. The van der Waals surface area contributed by atoms with Crippen molar-refractivity contribution in [2.45, 2.75) is 65.2 Å². The molecular weight excluding hydrogens is 263 g/mol. The van der Waals surface area contributed by atoms with Crippen LogP contribution in [0.3, 0.4) is 0 Å². The third-order valence-corrected chi connectivity index (χ3v) is 4.18. The minimum absolute atomic E-state index is 0.0608. The van der Waals surface area contributed by atoms with Gasteiger partial charge in [-0.1, -0.05) is 57.9 Å². The SMILES string of the molecule is CC=CC(=O)OP(=O)(O)CCCCCCCCCC. The lowest BCUT2D eigenvalue weighted by Crippen LogP contribution is -2.01. The fraction of sp³-hybridized carbons (Fsp3) is 0.786. The second-order valence-electron chi connectivity index (χ2n) is 4.75. The topological polar surface area (TPSA) is 63.6 Å². The first kappa shape index (κ1) is 18.4. The second-order valence-corrected chi connectivity index (χ2v) is 6.65. The van der Waals surface area contributed by atoms with Gasteiger partial charge in [0.1, 0.15) is 0 Å². The second kappa shape index (κ2) is 11.2. The van der Waals surface area contributed by atoms with E-state index in [-0.39, 0.29) is 6.16 Å². The lowest BCUT2D eigenvalue weighted by Gasteiger charge is -2.10. The Morgan fingerprint density at radius 3 is 2.16 bits per heavy atom. The van der Waals surface area contributed by atoms with Crippen LogP contribution in [0.1, 0.15) is 65.2 Å². The minimum Gasteiger partial charge on any atom is -0.388 e. The molecule has 1 N–H and O–H groups in total. The summed E-state index contributed by atoms with van der Waals surface area (Å²) >= 11 is 0. The van der Waals surface area contributed by atoms with Gasteiger partial charge in [-0.2, -0.15) is 0 Å². The number of carbonyl (C=O) groups is 1. The highest BCUT2D eigenvalue weighted by atomic mass is 31.2. The Bertz CT molecular complexity index is 313. The molecule has 0 heterocycles. The summed E-state index contributed by atoms with van der Waals surface area (Å²) in [5, 5.41) is 0. The standard InChI is InChI=1S/C14H27O4P/c1-3-5-6-7-8-9-10-11-13-19(16,17)18-14(15)12-4-2/h4,12H,3,5-11,13H2,1-2H3,(H,16,17). The maximum atomic E-state index is 11.6. The number of rotatable bonds is 11. The molecule has 112 valence electrons. The van der Waals surface area contributed by atoms with Gasteiger partial charge in [-0.3, -0.25) is 0 Å². The molecule has 4 nitrogen and oxygen atoms in total. The molecule has 19 heavy (non-hydrogen) atoms. The molecule has 0 amide bonds. The molecule has 0 saturated carbocycles. The lowest BCUT2D eigenvalue weighted by molar-refractivity contribution is -0.129. The number of carbonyl (C=O) groups excluding carboxylic acids is 1. The van der Waals surface area contributed by atoms with Crippen LogP contribution >= 0.6 is 7.60 Å². The van der Waals surface area contributed by atoms with Gasteiger partial charge in [0, 0.05) is 6.08 Å². The summed E-state index contributed by atoms with van der Waals surface area (Å²) in [5.74, 6) is -0.743. The molecule has 0 aromatic heterocycles. The Morgan fingerprint density at radius 2 is 1.63 bits per heavy atom. The molecule has 0 aromatic rings. The van der Waals surface area contributed by atoms with Crippen molar-refractivity contribution >= 4 is 13.6 Å². The molecule has 1 atom stereocenters. The zero-order valence-corrected chi connectivity index (χ0v) is 13.0. The Balaban J connectivity index is 3.58. The highest BCUT2D eigenvalue weighted by molar-refractivity contribution is 7.53. The maximum absolute atomic E-state index is 11.6. The fourth-order valence-electron chi connectivity index (χ4n) is 1.80. The van der Waals surface area contributed by atoms with Gasteiger partial charge in [-0.05, 0) is 13.3 Å². The summed E-state index contributed by atoms with van der Waals surface area (Å²) in [6.45, 7) is 3.84. The largest absolute Gasteiger partial charge is 0.388 e. The van der Waals surface area contributed by atoms with Crippen LogP contribution in [-0.2, 0) is 13.9 Å². The highest BCUT2D eigenvalue weighted by Gasteiger charge is 2.21. The number of allylic oxidation sites excluding steroid dienone is 1. The van der Waals surface area contributed by atoms with Crippen molar-refractivity contribution in [3.63, 3.8) is 0 Å². The van der Waals surface area contributed by atoms with Gasteiger partial charge in [-0.15, -0.1) is 0 Å². The van der Waals surface area contributed by atoms with Crippen LogP contribution < -0.4 is 0 Å². The van der Waals surface area contributed by atoms with Gasteiger partial charge >= 0.3 is 13.6 Å². The van der Waals surface area contributed by atoms with Crippen molar-refractivity contribution in [3.8, 4) is 0 Å². The Hall–Kier alpha value is -0.600. The third-order valence-electron chi connectivity index (χ3n) is 2.83. The zero-order valence-electron chi connectivity index (χ0n) is 12.1. The van der Waals surface area contributed by atoms with E-state index < -0.39 is 13.6 Å². The number of hydrogen-bond donors (Lipinski definition) is 1. The lowest BCUT2D eigenvalue weighted by atomic mass is 10.1. The summed E-state index contributed by atoms with van der Waals surface area (Å²) in [6.07, 6.45) is 11.5. The van der Waals surface area contributed by atoms with Crippen molar-refractivity contribution in [3.05, 3.63) is 12.2 Å². The smallest absolute Gasteiger partial charge is 0.378 e. The van der Waals surface area contributed by atoms with E-state index in [1.807, 2.05) is 0 Å². The molecule has 1 unspecified atom stereocenters. The van der Waals surface area contributed by atoms with E-state index in [1.54, 1.807) is 6.92 Å². The van der Waals surface area contributed by atoms with Crippen molar-refractivity contribution < 1.29 is 18.8 Å². The predicted molar refractivity (Wildman–Crippen MR) is 78.2 cm³/mol. The first-order valence-corrected chi connectivity index (χ1v) is 8.96. The summed E-state index contributed by atoms with van der Waals surface area (Å²) < 4.78 is 16.1. The predicted octanol–water partition coefficient (Wildman–Crippen LogP) is 4.43. The van der Waals surface area contributed by atoms with E-state index >= 15 is 0 Å². The summed E-state index contributed by atoms with van der Waals surface area (Å²) in [7, 11) is -3.75. The van der Waals surface area contributed by atoms with Crippen molar-refractivity contribution in [1.29, 1.82) is 0 Å². The summed E-state index contributed by atoms with van der Waals surface area (Å²) in [5.41, 5.74) is 0. The van der Waals surface area contributed by atoms with Crippen LogP contribution in [0, 0.1) is 0 Å². The third kappa shape index (κ3) is 12.2. The number of hydrogen-bond acceptors (Lipinski definition) is 3. The summed E-state index contributed by atoms with van der Waals surface area (Å²) in [6, 6.07) is 0. The van der Waals surface area contributed by atoms with Crippen molar-refractivity contribution in [2.24, 2.45) is 0 Å². The maximum Gasteiger partial charge on any atom is 0.378 e. The van der Waals surface area contributed by atoms with E-state index in [0.717, 1.165) is 18.9 Å². The molecule has 0 aliphatic heterocycles. The monoisotopic (exact) mass is 290 g/mol. The van der Waals surface area contributed by atoms with Crippen molar-refractivity contribution in [1.82, 2.24) is 0 Å². The average molecular weight is 290 g/mol. The molecule has 0 aromatic carbocycles. The van der Waals surface area contributed by atoms with Gasteiger partial charge in [0.05, 0.1) is 6.16 Å². The van der Waals surface area contributed by atoms with Gasteiger partial charge in [-0.25, -0.2) is 9.36 Å². The summed E-state index contributed by atoms with van der Waals surface area (Å²) in [4.78, 5) is 20.5. The van der Waals surface area contributed by atoms with Crippen LogP contribution in [0.2, 0.25) is 0 Å². The van der Waals surface area contributed by atoms with Crippen molar-refractivity contribution in [2.75, 3.05) is 6.16 Å². The first-order chi connectivity index (χ1) is 9.02. The Kier molecular flexibility index (Phi) is 10.9. The van der Waals surface area contributed by atoms with E-state index in [0.29, 0.717) is 6.42 Å². The minimum atomic E-state index is -3.75. The van der Waals surface area contributed by atoms with Crippen LogP contribution in [0.4, 0.5) is 0 Å². The van der Waals surface area contributed by atoms with E-state index in [1.165, 1.54) is 38.2 Å². The van der Waals surface area contributed by atoms with E-state index in [9.17, 15) is 14.3 Å². The normalized spacial score (nSPS) is 14.5. The molecule has 0 radical (unpaired) electrons. The first-order valence-electron chi connectivity index (χ1n) is 7.20. The number of unbranched alkanes of at least 4 members (excludes halogenated alkanes) is 7. The van der Waals surface area contributed by atoms with Crippen LogP contribution in [0.15, 0.2) is 12.2 Å². The van der Waals surface area contributed by atoms with Crippen LogP contribution in [0.25, 0.3) is 0 Å². The quantitative estimate of drug-likeness (QED) is 0.347. The molecule has 0 fully saturated rings. The Morgan fingerprint density at radius 1 is 1.11 bits per heavy atom. The van der Waals surface area contributed by atoms with Gasteiger partial charge in [0.15, 0.2) is 0 Å². The molecule has 0 bridgehead atoms. The van der Waals surface area contributed by atoms with E-state index in [2.05, 4.69) is 11.4 Å². The average Bonchev–Trinajstić information content (AvgIpc) is 2.32. The zero-order chi connectivity index (χ0) is 14.6. The van der Waals surface area contributed by atoms with E-state index in [4.69, 9.17) is 0 Å². The molecule has 0 rings (SSSR count). The molecule has 0 saturated heterocycles. The molecular formula is C14H27O4P. The highest BCUT2D eigenvalue weighted by Crippen LogP contribution is 2.43. The van der Waals surface area contributed by atoms with Crippen LogP contribution in [0.5, 0.6) is 0 Å².